The van der Waals surface area contributed by atoms with Gasteiger partial charge in [0.1, 0.15) is 18.1 Å². The zero-order chi connectivity index (χ0) is 18.2. The topological polar surface area (TPSA) is 122 Å². The minimum absolute atomic E-state index is 0.384. The molecule has 1 heterocycles. The van der Waals surface area contributed by atoms with E-state index in [2.05, 4.69) is 9.98 Å². The van der Waals surface area contributed by atoms with Crippen molar-refractivity contribution in [3.05, 3.63) is 48.3 Å². The maximum atomic E-state index is 5.89. The zero-order valence-electron chi connectivity index (χ0n) is 14.4. The standard InChI is InChI=1S/C18H23N5O2/c1-12(20)9-18(22-2)25-17-10-13(21)3-5-15(17)16-6-4-14(11-23-16)24-8-7-19/h3-6,9-11H,7-8,19-21H2,1-2H3. The monoisotopic (exact) mass is 341 g/mol. The lowest BCUT2D eigenvalue weighted by Crippen LogP contribution is -2.10. The minimum Gasteiger partial charge on any atom is -0.491 e. The molecule has 0 amide bonds. The van der Waals surface area contributed by atoms with E-state index in [-0.39, 0.29) is 0 Å². The van der Waals surface area contributed by atoms with Gasteiger partial charge in [0, 0.05) is 42.7 Å². The summed E-state index contributed by atoms with van der Waals surface area (Å²) in [7, 11) is 1.63. The molecule has 0 aliphatic rings. The number of ether oxygens (including phenoxy) is 2. The molecular formula is C18H23N5O2. The molecule has 0 aliphatic carbocycles. The zero-order valence-corrected chi connectivity index (χ0v) is 14.4. The van der Waals surface area contributed by atoms with Crippen LogP contribution in [0.5, 0.6) is 11.5 Å². The second kappa shape index (κ2) is 8.70. The molecule has 0 bridgehead atoms. The number of hydrogen-bond acceptors (Lipinski definition) is 7. The Morgan fingerprint density at radius 2 is 2.08 bits per heavy atom. The van der Waals surface area contributed by atoms with Crippen LogP contribution in [0.2, 0.25) is 0 Å². The quantitative estimate of drug-likeness (QED) is 0.419. The van der Waals surface area contributed by atoms with Gasteiger partial charge in [-0.3, -0.25) is 9.98 Å². The Balaban J connectivity index is 2.33. The lowest BCUT2D eigenvalue weighted by Gasteiger charge is -2.12. The van der Waals surface area contributed by atoms with Gasteiger partial charge in [-0.05, 0) is 31.2 Å². The molecule has 0 spiro atoms. The number of nitrogens with zero attached hydrogens (tertiary/aromatic N) is 2. The fourth-order valence-electron chi connectivity index (χ4n) is 2.08. The number of benzene rings is 1. The van der Waals surface area contributed by atoms with Crippen molar-refractivity contribution in [2.75, 3.05) is 25.9 Å². The smallest absolute Gasteiger partial charge is 0.216 e. The van der Waals surface area contributed by atoms with Crippen molar-refractivity contribution in [3.8, 4) is 22.8 Å². The first-order valence-electron chi connectivity index (χ1n) is 7.80. The molecule has 0 fully saturated rings. The first kappa shape index (κ1) is 18.3. The molecule has 0 unspecified atom stereocenters. The summed E-state index contributed by atoms with van der Waals surface area (Å²) in [6.45, 7) is 2.65. The highest BCUT2D eigenvalue weighted by atomic mass is 16.5. The summed E-state index contributed by atoms with van der Waals surface area (Å²) in [4.78, 5) is 8.50. The van der Waals surface area contributed by atoms with Crippen molar-refractivity contribution in [1.82, 2.24) is 4.98 Å². The van der Waals surface area contributed by atoms with Crippen LogP contribution in [-0.4, -0.2) is 31.1 Å². The van der Waals surface area contributed by atoms with E-state index in [0.29, 0.717) is 41.9 Å². The molecule has 0 saturated carbocycles. The van der Waals surface area contributed by atoms with Crippen LogP contribution in [0.15, 0.2) is 53.3 Å². The summed E-state index contributed by atoms with van der Waals surface area (Å²) >= 11 is 0. The van der Waals surface area contributed by atoms with Crippen molar-refractivity contribution in [2.24, 2.45) is 16.5 Å². The molecule has 0 saturated heterocycles. The third-order valence-electron chi connectivity index (χ3n) is 3.19. The lowest BCUT2D eigenvalue weighted by atomic mass is 10.1. The second-order valence-corrected chi connectivity index (χ2v) is 5.32. The summed E-state index contributed by atoms with van der Waals surface area (Å²) in [6, 6.07) is 9.03. The fraction of sp³-hybridized carbons (Fsp3) is 0.222. The number of aromatic nitrogens is 1. The van der Waals surface area contributed by atoms with Crippen molar-refractivity contribution >= 4 is 11.6 Å². The summed E-state index contributed by atoms with van der Waals surface area (Å²) in [5, 5.41) is 0. The maximum Gasteiger partial charge on any atom is 0.216 e. The highest BCUT2D eigenvalue weighted by Gasteiger charge is 2.11. The number of nitrogen functional groups attached to an aromatic ring is 1. The molecule has 1 aromatic carbocycles. The van der Waals surface area contributed by atoms with Gasteiger partial charge in [0.05, 0.1) is 11.9 Å². The normalized spacial score (nSPS) is 12.1. The van der Waals surface area contributed by atoms with E-state index in [1.54, 1.807) is 38.4 Å². The largest absolute Gasteiger partial charge is 0.491 e. The van der Waals surface area contributed by atoms with E-state index >= 15 is 0 Å². The SMILES string of the molecule is CN=C(C=C(C)N)Oc1cc(N)ccc1-c1ccc(OCCN)cn1. The van der Waals surface area contributed by atoms with Crippen LogP contribution >= 0.6 is 0 Å². The van der Waals surface area contributed by atoms with Crippen LogP contribution in [0.1, 0.15) is 6.92 Å². The Hall–Kier alpha value is -3.06. The van der Waals surface area contributed by atoms with Gasteiger partial charge < -0.3 is 26.7 Å². The molecule has 0 atom stereocenters. The number of allylic oxidation sites excluding steroid dienone is 1. The lowest BCUT2D eigenvalue weighted by molar-refractivity contribution is 0.327. The maximum absolute atomic E-state index is 5.89. The molecule has 1 aromatic heterocycles. The summed E-state index contributed by atoms with van der Waals surface area (Å²) < 4.78 is 11.3. The Morgan fingerprint density at radius 1 is 1.28 bits per heavy atom. The molecule has 6 N–H and O–H groups in total. The summed E-state index contributed by atoms with van der Waals surface area (Å²) in [5.74, 6) is 1.58. The van der Waals surface area contributed by atoms with E-state index in [9.17, 15) is 0 Å². The number of hydrogen-bond donors (Lipinski definition) is 3. The van der Waals surface area contributed by atoms with Crippen LogP contribution in [0.4, 0.5) is 5.69 Å². The number of rotatable bonds is 6. The van der Waals surface area contributed by atoms with Gasteiger partial charge in [-0.2, -0.15) is 0 Å². The average molecular weight is 341 g/mol. The van der Waals surface area contributed by atoms with Crippen molar-refractivity contribution in [3.63, 3.8) is 0 Å². The van der Waals surface area contributed by atoms with E-state index < -0.39 is 0 Å². The summed E-state index contributed by atoms with van der Waals surface area (Å²) in [5.41, 5.74) is 19.7. The van der Waals surface area contributed by atoms with E-state index in [0.717, 1.165) is 11.3 Å². The van der Waals surface area contributed by atoms with Gasteiger partial charge in [-0.15, -0.1) is 0 Å². The Labute approximate surface area is 147 Å². The average Bonchev–Trinajstić information content (AvgIpc) is 2.59. The van der Waals surface area contributed by atoms with Crippen LogP contribution in [0.25, 0.3) is 11.3 Å². The van der Waals surface area contributed by atoms with Gasteiger partial charge >= 0.3 is 0 Å². The molecule has 25 heavy (non-hydrogen) atoms. The van der Waals surface area contributed by atoms with Crippen LogP contribution < -0.4 is 26.7 Å². The second-order valence-electron chi connectivity index (χ2n) is 5.32. The van der Waals surface area contributed by atoms with Gasteiger partial charge in [0.2, 0.25) is 5.90 Å². The minimum atomic E-state index is 0.384. The molecule has 0 aliphatic heterocycles. The number of anilines is 1. The molecule has 7 nitrogen and oxygen atoms in total. The third kappa shape index (κ3) is 5.22. The van der Waals surface area contributed by atoms with Crippen LogP contribution in [0.3, 0.4) is 0 Å². The highest BCUT2D eigenvalue weighted by molar-refractivity contribution is 5.91. The summed E-state index contributed by atoms with van der Waals surface area (Å²) in [6.07, 6.45) is 3.29. The van der Waals surface area contributed by atoms with Gasteiger partial charge in [0.15, 0.2) is 0 Å². The molecule has 0 radical (unpaired) electrons. The third-order valence-corrected chi connectivity index (χ3v) is 3.19. The Morgan fingerprint density at radius 3 is 2.68 bits per heavy atom. The molecule has 2 aromatic rings. The Kier molecular flexibility index (Phi) is 6.36. The van der Waals surface area contributed by atoms with Crippen LogP contribution in [0, 0.1) is 0 Å². The first-order valence-corrected chi connectivity index (χ1v) is 7.80. The van der Waals surface area contributed by atoms with Gasteiger partial charge in [0.25, 0.3) is 0 Å². The predicted octanol–water partition coefficient (Wildman–Crippen LogP) is 1.94. The molecule has 2 rings (SSSR count). The fourth-order valence-corrected chi connectivity index (χ4v) is 2.08. The predicted molar refractivity (Wildman–Crippen MR) is 101 cm³/mol. The molecule has 7 heteroatoms. The van der Waals surface area contributed by atoms with E-state index in [4.69, 9.17) is 26.7 Å². The van der Waals surface area contributed by atoms with E-state index in [1.165, 1.54) is 0 Å². The Bertz CT molecular complexity index is 766. The number of aliphatic imine (C=N–C) groups is 1. The highest BCUT2D eigenvalue weighted by Crippen LogP contribution is 2.31. The van der Waals surface area contributed by atoms with Gasteiger partial charge in [-0.1, -0.05) is 0 Å². The van der Waals surface area contributed by atoms with Crippen LogP contribution in [-0.2, 0) is 0 Å². The van der Waals surface area contributed by atoms with E-state index in [1.807, 2.05) is 18.2 Å². The molecule has 132 valence electrons. The van der Waals surface area contributed by atoms with Crippen molar-refractivity contribution in [2.45, 2.75) is 6.92 Å². The van der Waals surface area contributed by atoms with Gasteiger partial charge in [-0.25, -0.2) is 0 Å². The molecular weight excluding hydrogens is 318 g/mol. The van der Waals surface area contributed by atoms with Crippen molar-refractivity contribution < 1.29 is 9.47 Å². The van der Waals surface area contributed by atoms with Crippen molar-refractivity contribution in [1.29, 1.82) is 0 Å². The number of nitrogens with two attached hydrogens (primary N) is 3. The first-order chi connectivity index (χ1) is 12.0. The number of pyridine rings is 1.